The smallest absolute Gasteiger partial charge is 0.250 e. The summed E-state index contributed by atoms with van der Waals surface area (Å²) in [6.07, 6.45) is 1.59. The Morgan fingerprint density at radius 1 is 1.19 bits per heavy atom. The molecule has 0 aliphatic carbocycles. The molecule has 0 N–H and O–H groups in total. The fourth-order valence-corrected chi connectivity index (χ4v) is 3.49. The van der Waals surface area contributed by atoms with Crippen molar-refractivity contribution in [1.29, 1.82) is 0 Å². The summed E-state index contributed by atoms with van der Waals surface area (Å²) in [6.45, 7) is 2.67. The van der Waals surface area contributed by atoms with E-state index in [4.69, 9.17) is 20.4 Å². The number of rotatable bonds is 6. The first-order chi connectivity index (χ1) is 13.2. The summed E-state index contributed by atoms with van der Waals surface area (Å²) >= 11 is 7.30. The van der Waals surface area contributed by atoms with Crippen LogP contribution in [0.2, 0.25) is 5.02 Å². The van der Waals surface area contributed by atoms with Crippen LogP contribution in [0, 0.1) is 5.82 Å². The monoisotopic (exact) mass is 405 g/mol. The Labute approximate surface area is 162 Å². The van der Waals surface area contributed by atoms with Crippen molar-refractivity contribution in [3.05, 3.63) is 53.3 Å². The largest absolute Gasteiger partial charge is 0.461 e. The van der Waals surface area contributed by atoms with Gasteiger partial charge in [0, 0.05) is 11.6 Å². The Kier molecular flexibility index (Phi) is 4.95. The topological polar surface area (TPSA) is 82.8 Å². The highest BCUT2D eigenvalue weighted by Gasteiger charge is 2.17. The van der Waals surface area contributed by atoms with Crippen LogP contribution in [-0.4, -0.2) is 25.0 Å². The molecule has 0 aliphatic heterocycles. The highest BCUT2D eigenvalue weighted by molar-refractivity contribution is 7.98. The van der Waals surface area contributed by atoms with Crippen LogP contribution in [0.15, 0.2) is 50.6 Å². The predicted molar refractivity (Wildman–Crippen MR) is 97.7 cm³/mol. The van der Waals surface area contributed by atoms with E-state index in [0.717, 1.165) is 0 Å². The third kappa shape index (κ3) is 3.60. The van der Waals surface area contributed by atoms with Gasteiger partial charge in [0.1, 0.15) is 5.82 Å². The molecular formula is C17H13ClFN5O2S. The molecule has 0 spiro atoms. The summed E-state index contributed by atoms with van der Waals surface area (Å²) in [7, 11) is 0. The van der Waals surface area contributed by atoms with Gasteiger partial charge in [-0.05, 0) is 37.3 Å². The Bertz CT molecular complexity index is 1060. The van der Waals surface area contributed by atoms with E-state index in [1.165, 1.54) is 30.0 Å². The molecule has 0 amide bonds. The number of hydrogen-bond acceptors (Lipinski definition) is 7. The van der Waals surface area contributed by atoms with Crippen LogP contribution in [-0.2, 0) is 12.3 Å². The lowest BCUT2D eigenvalue weighted by Crippen LogP contribution is -1.99. The first-order valence-corrected chi connectivity index (χ1v) is 9.39. The van der Waals surface area contributed by atoms with E-state index in [-0.39, 0.29) is 11.5 Å². The van der Waals surface area contributed by atoms with Crippen molar-refractivity contribution in [2.45, 2.75) is 24.4 Å². The number of hydrogen-bond donors (Lipinski definition) is 0. The van der Waals surface area contributed by atoms with Gasteiger partial charge in [0.2, 0.25) is 5.89 Å². The van der Waals surface area contributed by atoms with Crippen LogP contribution in [0.3, 0.4) is 0 Å². The molecule has 0 radical (unpaired) electrons. The minimum atomic E-state index is -0.476. The fraction of sp³-hybridized carbons (Fsp3) is 0.176. The quantitative estimate of drug-likeness (QED) is 0.430. The van der Waals surface area contributed by atoms with Crippen LogP contribution >= 0.6 is 23.4 Å². The predicted octanol–water partition coefficient (Wildman–Crippen LogP) is 4.69. The molecular weight excluding hydrogens is 393 g/mol. The van der Waals surface area contributed by atoms with Gasteiger partial charge >= 0.3 is 0 Å². The number of benzene rings is 1. The van der Waals surface area contributed by atoms with Gasteiger partial charge in [0.25, 0.3) is 5.89 Å². The maximum atomic E-state index is 13.9. The van der Waals surface area contributed by atoms with Gasteiger partial charge in [-0.1, -0.05) is 23.4 Å². The molecule has 0 aliphatic rings. The molecule has 7 nitrogen and oxygen atoms in total. The van der Waals surface area contributed by atoms with Gasteiger partial charge in [-0.25, -0.2) is 4.39 Å². The number of halogens is 2. The number of aromatic nitrogens is 5. The lowest BCUT2D eigenvalue weighted by Gasteiger charge is -2.04. The summed E-state index contributed by atoms with van der Waals surface area (Å²) in [5.74, 6) is 1.62. The average molecular weight is 406 g/mol. The first-order valence-electron chi connectivity index (χ1n) is 8.03. The zero-order valence-corrected chi connectivity index (χ0v) is 15.7. The minimum Gasteiger partial charge on any atom is -0.461 e. The van der Waals surface area contributed by atoms with Crippen LogP contribution in [0.1, 0.15) is 12.8 Å². The summed E-state index contributed by atoms with van der Waals surface area (Å²) < 4.78 is 26.8. The summed E-state index contributed by atoms with van der Waals surface area (Å²) in [5.41, 5.74) is 0.170. The number of nitrogens with zero attached hydrogens (tertiary/aromatic N) is 5. The van der Waals surface area contributed by atoms with Gasteiger partial charge in [0.15, 0.2) is 16.7 Å². The van der Waals surface area contributed by atoms with Crippen LogP contribution in [0.4, 0.5) is 4.39 Å². The van der Waals surface area contributed by atoms with Gasteiger partial charge < -0.3 is 8.83 Å². The highest BCUT2D eigenvalue weighted by atomic mass is 35.5. The van der Waals surface area contributed by atoms with Crippen molar-refractivity contribution < 1.29 is 13.2 Å². The molecule has 0 fully saturated rings. The molecule has 3 heterocycles. The van der Waals surface area contributed by atoms with Crippen molar-refractivity contribution >= 4 is 23.4 Å². The minimum absolute atomic E-state index is 0.0823. The Morgan fingerprint density at radius 3 is 2.85 bits per heavy atom. The highest BCUT2D eigenvalue weighted by Crippen LogP contribution is 2.29. The second kappa shape index (κ2) is 7.53. The molecule has 0 bridgehead atoms. The van der Waals surface area contributed by atoms with Gasteiger partial charge in [-0.15, -0.1) is 20.4 Å². The molecule has 3 aromatic heterocycles. The van der Waals surface area contributed by atoms with E-state index in [2.05, 4.69) is 20.4 Å². The van der Waals surface area contributed by atoms with E-state index >= 15 is 0 Å². The number of thioether (sulfide) groups is 1. The zero-order chi connectivity index (χ0) is 18.8. The average Bonchev–Trinajstić information content (AvgIpc) is 3.41. The van der Waals surface area contributed by atoms with E-state index in [1.54, 1.807) is 12.3 Å². The maximum Gasteiger partial charge on any atom is 0.250 e. The summed E-state index contributed by atoms with van der Waals surface area (Å²) in [6, 6.07) is 7.79. The molecule has 0 saturated carbocycles. The van der Waals surface area contributed by atoms with E-state index < -0.39 is 5.82 Å². The third-order valence-electron chi connectivity index (χ3n) is 3.73. The molecule has 10 heteroatoms. The molecule has 0 saturated heterocycles. The Morgan fingerprint density at radius 2 is 2.07 bits per heavy atom. The molecule has 4 aromatic rings. The Balaban J connectivity index is 1.52. The van der Waals surface area contributed by atoms with Crippen LogP contribution in [0.5, 0.6) is 0 Å². The second-order valence-electron chi connectivity index (χ2n) is 5.44. The molecule has 1 aromatic carbocycles. The van der Waals surface area contributed by atoms with E-state index in [0.29, 0.717) is 40.0 Å². The van der Waals surface area contributed by atoms with Gasteiger partial charge in [-0.2, -0.15) is 0 Å². The third-order valence-corrected chi connectivity index (χ3v) is 4.91. The second-order valence-corrected chi connectivity index (χ2v) is 6.82. The fourth-order valence-electron chi connectivity index (χ4n) is 2.48. The maximum absolute atomic E-state index is 13.9. The molecule has 27 heavy (non-hydrogen) atoms. The number of furan rings is 1. The molecule has 0 unspecified atom stereocenters. The summed E-state index contributed by atoms with van der Waals surface area (Å²) in [5, 5.41) is 17.3. The molecule has 138 valence electrons. The SMILES string of the molecule is CCn1c(SCc2nnc(-c3cc(Cl)ccc3F)o2)nnc1-c1ccco1. The molecule has 0 atom stereocenters. The first kappa shape index (κ1) is 17.7. The van der Waals surface area contributed by atoms with Crippen molar-refractivity contribution in [2.75, 3.05) is 0 Å². The normalized spacial score (nSPS) is 11.2. The standard InChI is InChI=1S/C17H13ClFN5O2S/c1-2-24-15(13-4-3-7-25-13)21-23-17(24)27-9-14-20-22-16(26-14)11-8-10(18)5-6-12(11)19/h3-8H,2,9H2,1H3. The van der Waals surface area contributed by atoms with Gasteiger partial charge in [0.05, 0.1) is 17.6 Å². The lowest BCUT2D eigenvalue weighted by atomic mass is 10.2. The zero-order valence-electron chi connectivity index (χ0n) is 14.1. The van der Waals surface area contributed by atoms with Crippen molar-refractivity contribution in [3.63, 3.8) is 0 Å². The van der Waals surface area contributed by atoms with Crippen molar-refractivity contribution in [1.82, 2.24) is 25.0 Å². The van der Waals surface area contributed by atoms with Crippen LogP contribution in [0.25, 0.3) is 23.0 Å². The van der Waals surface area contributed by atoms with E-state index in [9.17, 15) is 4.39 Å². The Hall–Kier alpha value is -2.65. The van der Waals surface area contributed by atoms with Crippen LogP contribution < -0.4 is 0 Å². The van der Waals surface area contributed by atoms with Crippen molar-refractivity contribution in [3.8, 4) is 23.0 Å². The molecule has 4 rings (SSSR count). The van der Waals surface area contributed by atoms with E-state index in [1.807, 2.05) is 17.6 Å². The van der Waals surface area contributed by atoms with Crippen molar-refractivity contribution in [2.24, 2.45) is 0 Å². The van der Waals surface area contributed by atoms with Gasteiger partial charge in [-0.3, -0.25) is 4.57 Å². The summed E-state index contributed by atoms with van der Waals surface area (Å²) in [4.78, 5) is 0. The lowest BCUT2D eigenvalue weighted by molar-refractivity contribution is 0.522.